The molecule has 2 nitrogen and oxygen atoms in total. The Balaban J connectivity index is 3.87. The first kappa shape index (κ1) is 9.92. The van der Waals surface area contributed by atoms with Crippen molar-refractivity contribution in [3.8, 4) is 0 Å². The van der Waals surface area contributed by atoms with Crippen LogP contribution in [-0.2, 0) is 0 Å². The third kappa shape index (κ3) is 2.27. The fourth-order valence-corrected chi connectivity index (χ4v) is 1.34. The summed E-state index contributed by atoms with van der Waals surface area (Å²) in [5.74, 6) is 0. The SMILES string of the molecule is CC[N+](CC)(CC)CNC. The van der Waals surface area contributed by atoms with Gasteiger partial charge in [0.05, 0.1) is 19.6 Å². The zero-order valence-electron chi connectivity index (χ0n) is 7.78. The zero-order chi connectivity index (χ0) is 8.04. The highest BCUT2D eigenvalue weighted by Gasteiger charge is 2.18. The maximum atomic E-state index is 3.23. The Morgan fingerprint density at radius 2 is 1.40 bits per heavy atom. The summed E-state index contributed by atoms with van der Waals surface area (Å²) in [7, 11) is 2.02. The monoisotopic (exact) mass is 145 g/mol. The minimum Gasteiger partial charge on any atom is -0.312 e. The molecule has 0 aliphatic rings. The largest absolute Gasteiger partial charge is 0.312 e. The van der Waals surface area contributed by atoms with Crippen LogP contribution >= 0.6 is 0 Å². The van der Waals surface area contributed by atoms with Crippen molar-refractivity contribution in [1.82, 2.24) is 5.32 Å². The molecule has 0 aromatic rings. The number of hydrogen-bond donors (Lipinski definition) is 1. The zero-order valence-corrected chi connectivity index (χ0v) is 7.78. The highest BCUT2D eigenvalue weighted by Crippen LogP contribution is 2.02. The van der Waals surface area contributed by atoms with Crippen molar-refractivity contribution in [2.75, 3.05) is 33.4 Å². The minimum atomic E-state index is 1.10. The second-order valence-corrected chi connectivity index (χ2v) is 2.80. The molecule has 0 bridgehead atoms. The third-order valence-electron chi connectivity index (χ3n) is 2.51. The fraction of sp³-hybridized carbons (Fsp3) is 1.00. The van der Waals surface area contributed by atoms with Crippen LogP contribution in [0.2, 0.25) is 0 Å². The van der Waals surface area contributed by atoms with E-state index in [0.29, 0.717) is 0 Å². The Hall–Kier alpha value is -0.0800. The first-order chi connectivity index (χ1) is 4.74. The van der Waals surface area contributed by atoms with Crippen LogP contribution in [0.4, 0.5) is 0 Å². The second kappa shape index (κ2) is 4.69. The molecule has 0 unspecified atom stereocenters. The quantitative estimate of drug-likeness (QED) is 0.450. The van der Waals surface area contributed by atoms with Gasteiger partial charge in [0.15, 0.2) is 0 Å². The standard InChI is InChI=1S/C8H21N2/c1-5-10(6-2,7-3)8-9-4/h9H,5-8H2,1-4H3/q+1. The molecule has 0 saturated heterocycles. The van der Waals surface area contributed by atoms with Gasteiger partial charge in [-0.15, -0.1) is 0 Å². The highest BCUT2D eigenvalue weighted by atomic mass is 15.4. The third-order valence-corrected chi connectivity index (χ3v) is 2.51. The summed E-state index contributed by atoms with van der Waals surface area (Å²) in [5.41, 5.74) is 0. The first-order valence-corrected chi connectivity index (χ1v) is 4.24. The van der Waals surface area contributed by atoms with E-state index in [4.69, 9.17) is 0 Å². The van der Waals surface area contributed by atoms with Gasteiger partial charge in [0.25, 0.3) is 0 Å². The molecule has 0 aliphatic heterocycles. The number of hydrogen-bond acceptors (Lipinski definition) is 1. The molecule has 0 amide bonds. The average molecular weight is 145 g/mol. The lowest BCUT2D eigenvalue weighted by Gasteiger charge is -2.35. The Morgan fingerprint density at radius 3 is 1.50 bits per heavy atom. The molecular formula is C8H21N2+. The molecule has 0 saturated carbocycles. The van der Waals surface area contributed by atoms with Gasteiger partial charge in [0.2, 0.25) is 0 Å². The van der Waals surface area contributed by atoms with E-state index in [2.05, 4.69) is 26.1 Å². The van der Waals surface area contributed by atoms with Gasteiger partial charge in [-0.1, -0.05) is 0 Å². The van der Waals surface area contributed by atoms with Gasteiger partial charge in [0.1, 0.15) is 6.67 Å². The molecule has 0 aromatic heterocycles. The Morgan fingerprint density at radius 1 is 1.00 bits per heavy atom. The molecule has 0 aromatic carbocycles. The van der Waals surface area contributed by atoms with Crippen molar-refractivity contribution >= 4 is 0 Å². The van der Waals surface area contributed by atoms with E-state index >= 15 is 0 Å². The number of rotatable bonds is 5. The van der Waals surface area contributed by atoms with Gasteiger partial charge in [0, 0.05) is 0 Å². The van der Waals surface area contributed by atoms with E-state index in [0.717, 1.165) is 6.67 Å². The molecule has 62 valence electrons. The highest BCUT2D eigenvalue weighted by molar-refractivity contribution is 4.33. The summed E-state index contributed by atoms with van der Waals surface area (Å²) in [5, 5.41) is 3.23. The lowest BCUT2D eigenvalue weighted by molar-refractivity contribution is -0.925. The van der Waals surface area contributed by atoms with E-state index in [1.54, 1.807) is 0 Å². The van der Waals surface area contributed by atoms with Crippen molar-refractivity contribution in [2.45, 2.75) is 20.8 Å². The summed E-state index contributed by atoms with van der Waals surface area (Å²) in [6.45, 7) is 11.6. The van der Waals surface area contributed by atoms with E-state index in [-0.39, 0.29) is 0 Å². The van der Waals surface area contributed by atoms with Crippen molar-refractivity contribution in [3.63, 3.8) is 0 Å². The maximum Gasteiger partial charge on any atom is 0.132 e. The van der Waals surface area contributed by atoms with Crippen molar-refractivity contribution < 1.29 is 4.48 Å². The minimum absolute atomic E-state index is 1.10. The van der Waals surface area contributed by atoms with Gasteiger partial charge in [-0.25, -0.2) is 0 Å². The van der Waals surface area contributed by atoms with E-state index in [1.807, 2.05) is 7.05 Å². The Bertz CT molecular complexity index is 69.1. The Kier molecular flexibility index (Phi) is 4.65. The predicted octanol–water partition coefficient (Wildman–Crippen LogP) is 1.04. The molecule has 2 heteroatoms. The van der Waals surface area contributed by atoms with Crippen LogP contribution < -0.4 is 5.32 Å². The molecule has 0 atom stereocenters. The molecule has 10 heavy (non-hydrogen) atoms. The van der Waals surface area contributed by atoms with Crippen LogP contribution in [0.5, 0.6) is 0 Å². The van der Waals surface area contributed by atoms with E-state index < -0.39 is 0 Å². The summed E-state index contributed by atoms with van der Waals surface area (Å²) in [6.07, 6.45) is 0. The van der Waals surface area contributed by atoms with Crippen LogP contribution in [0.3, 0.4) is 0 Å². The van der Waals surface area contributed by atoms with Gasteiger partial charge in [-0.3, -0.25) is 5.32 Å². The first-order valence-electron chi connectivity index (χ1n) is 4.24. The van der Waals surface area contributed by atoms with Crippen molar-refractivity contribution in [1.29, 1.82) is 0 Å². The lowest BCUT2D eigenvalue weighted by Crippen LogP contribution is -2.52. The van der Waals surface area contributed by atoms with Gasteiger partial charge >= 0.3 is 0 Å². The van der Waals surface area contributed by atoms with Crippen LogP contribution in [0, 0.1) is 0 Å². The molecule has 0 spiro atoms. The molecule has 0 radical (unpaired) electrons. The molecular weight excluding hydrogens is 124 g/mol. The average Bonchev–Trinajstić information content (AvgIpc) is 2.01. The molecule has 0 rings (SSSR count). The number of quaternary nitrogens is 1. The van der Waals surface area contributed by atoms with Crippen LogP contribution in [-0.4, -0.2) is 37.8 Å². The summed E-state index contributed by atoms with van der Waals surface area (Å²) >= 11 is 0. The van der Waals surface area contributed by atoms with E-state index in [1.165, 1.54) is 24.1 Å². The lowest BCUT2D eigenvalue weighted by atomic mass is 10.4. The summed E-state index contributed by atoms with van der Waals surface area (Å²) in [6, 6.07) is 0. The Labute approximate surface area is 64.8 Å². The smallest absolute Gasteiger partial charge is 0.132 e. The van der Waals surface area contributed by atoms with Crippen molar-refractivity contribution in [2.24, 2.45) is 0 Å². The number of nitrogens with zero attached hydrogens (tertiary/aromatic N) is 1. The summed E-state index contributed by atoms with van der Waals surface area (Å²) < 4.78 is 1.19. The maximum absolute atomic E-state index is 3.23. The fourth-order valence-electron chi connectivity index (χ4n) is 1.34. The molecule has 1 N–H and O–H groups in total. The number of nitrogens with one attached hydrogen (secondary N) is 1. The molecule has 0 heterocycles. The second-order valence-electron chi connectivity index (χ2n) is 2.80. The van der Waals surface area contributed by atoms with Crippen LogP contribution in [0.25, 0.3) is 0 Å². The van der Waals surface area contributed by atoms with E-state index in [9.17, 15) is 0 Å². The summed E-state index contributed by atoms with van der Waals surface area (Å²) in [4.78, 5) is 0. The topological polar surface area (TPSA) is 12.0 Å². The van der Waals surface area contributed by atoms with Crippen LogP contribution in [0.1, 0.15) is 20.8 Å². The van der Waals surface area contributed by atoms with Crippen molar-refractivity contribution in [3.05, 3.63) is 0 Å². The molecule has 0 aliphatic carbocycles. The van der Waals surface area contributed by atoms with Gasteiger partial charge < -0.3 is 4.48 Å². The van der Waals surface area contributed by atoms with Crippen LogP contribution in [0.15, 0.2) is 0 Å². The predicted molar refractivity (Wildman–Crippen MR) is 45.8 cm³/mol. The van der Waals surface area contributed by atoms with Gasteiger partial charge in [-0.05, 0) is 27.8 Å². The normalized spacial score (nSPS) is 12.0. The van der Waals surface area contributed by atoms with Gasteiger partial charge in [-0.2, -0.15) is 0 Å². The molecule has 0 fully saturated rings.